The highest BCUT2D eigenvalue weighted by Crippen LogP contribution is 1.98. The summed E-state index contributed by atoms with van der Waals surface area (Å²) in [7, 11) is 0. The van der Waals surface area contributed by atoms with E-state index < -0.39 is 0 Å². The van der Waals surface area contributed by atoms with Gasteiger partial charge in [0.1, 0.15) is 0 Å². The van der Waals surface area contributed by atoms with Crippen molar-refractivity contribution in [2.24, 2.45) is 0 Å². The molecule has 2 nitrogen and oxygen atoms in total. The van der Waals surface area contributed by atoms with Crippen LogP contribution in [0.1, 0.15) is 32.6 Å². The molecule has 0 radical (unpaired) electrons. The number of hydrogen-bond donors (Lipinski definition) is 0. The fraction of sp³-hybridized carbons (Fsp3) is 0.875. The van der Waals surface area contributed by atoms with Gasteiger partial charge in [-0.25, -0.2) is 0 Å². The number of ether oxygens (including phenoxy) is 1. The van der Waals surface area contributed by atoms with Crippen molar-refractivity contribution in [2.45, 2.75) is 32.6 Å². The summed E-state index contributed by atoms with van der Waals surface area (Å²) in [6, 6.07) is 2.02. The van der Waals surface area contributed by atoms with Crippen LogP contribution in [-0.2, 0) is 4.74 Å². The third-order valence-corrected chi connectivity index (χ3v) is 1.19. The van der Waals surface area contributed by atoms with Crippen LogP contribution < -0.4 is 0 Å². The summed E-state index contributed by atoms with van der Waals surface area (Å²) in [5.74, 6) is 0. The van der Waals surface area contributed by atoms with Crippen molar-refractivity contribution in [3.8, 4) is 6.07 Å². The third-order valence-electron chi connectivity index (χ3n) is 1.19. The van der Waals surface area contributed by atoms with E-state index in [9.17, 15) is 0 Å². The Labute approximate surface area is 62.8 Å². The van der Waals surface area contributed by atoms with E-state index in [-0.39, 0.29) is 0 Å². The molecular weight excluding hydrogens is 126 g/mol. The molecule has 0 spiro atoms. The topological polar surface area (TPSA) is 33.0 Å². The first-order valence-electron chi connectivity index (χ1n) is 3.86. The first-order valence-corrected chi connectivity index (χ1v) is 3.86. The minimum atomic E-state index is 0.694. The monoisotopic (exact) mass is 141 g/mol. The third kappa shape index (κ3) is 7.45. The zero-order chi connectivity index (χ0) is 7.66. The van der Waals surface area contributed by atoms with Gasteiger partial charge < -0.3 is 4.74 Å². The zero-order valence-corrected chi connectivity index (χ0v) is 6.60. The summed E-state index contributed by atoms with van der Waals surface area (Å²) in [5.41, 5.74) is 0. The Balaban J connectivity index is 0.000000162. The predicted molar refractivity (Wildman–Crippen MR) is 40.6 cm³/mol. The largest absolute Gasteiger partial charge is 0.381 e. The van der Waals surface area contributed by atoms with Gasteiger partial charge in [0.2, 0.25) is 0 Å². The summed E-state index contributed by atoms with van der Waals surface area (Å²) < 4.78 is 4.94. The summed E-state index contributed by atoms with van der Waals surface area (Å²) in [5, 5.41) is 7.82. The van der Waals surface area contributed by atoms with E-state index >= 15 is 0 Å². The summed E-state index contributed by atoms with van der Waals surface area (Å²) in [6.07, 6.45) is 4.23. The second-order valence-corrected chi connectivity index (χ2v) is 2.23. The molecule has 1 fully saturated rings. The normalized spacial score (nSPS) is 15.2. The van der Waals surface area contributed by atoms with E-state index in [2.05, 4.69) is 0 Å². The Morgan fingerprint density at radius 2 is 2.00 bits per heavy atom. The molecular formula is C8H15NO. The van der Waals surface area contributed by atoms with Crippen molar-refractivity contribution in [1.82, 2.24) is 0 Å². The fourth-order valence-electron chi connectivity index (χ4n) is 0.622. The van der Waals surface area contributed by atoms with Gasteiger partial charge in [0.25, 0.3) is 0 Å². The molecule has 1 heterocycles. The van der Waals surface area contributed by atoms with Gasteiger partial charge in [0, 0.05) is 19.6 Å². The van der Waals surface area contributed by atoms with Gasteiger partial charge in [-0.15, -0.1) is 0 Å². The Hall–Kier alpha value is -0.550. The van der Waals surface area contributed by atoms with Crippen molar-refractivity contribution >= 4 is 0 Å². The first-order chi connectivity index (χ1) is 4.91. The van der Waals surface area contributed by atoms with Crippen molar-refractivity contribution in [1.29, 1.82) is 5.26 Å². The lowest BCUT2D eigenvalue weighted by atomic mass is 10.4. The van der Waals surface area contributed by atoms with Crippen LogP contribution in [0.2, 0.25) is 0 Å². The Morgan fingerprint density at radius 3 is 2.10 bits per heavy atom. The van der Waals surface area contributed by atoms with Crippen LogP contribution in [-0.4, -0.2) is 13.2 Å². The lowest BCUT2D eigenvalue weighted by Gasteiger charge is -1.76. The van der Waals surface area contributed by atoms with E-state index in [0.29, 0.717) is 6.42 Å². The Morgan fingerprint density at radius 1 is 1.40 bits per heavy atom. The molecule has 1 aliphatic heterocycles. The highest BCUT2D eigenvalue weighted by molar-refractivity contribution is 4.65. The van der Waals surface area contributed by atoms with Gasteiger partial charge >= 0.3 is 0 Å². The molecule has 2 heteroatoms. The molecule has 1 saturated heterocycles. The van der Waals surface area contributed by atoms with E-state index in [0.717, 1.165) is 19.6 Å². The maximum absolute atomic E-state index is 7.82. The van der Waals surface area contributed by atoms with Gasteiger partial charge in [-0.2, -0.15) is 5.26 Å². The first kappa shape index (κ1) is 9.45. The van der Waals surface area contributed by atoms with E-state index in [4.69, 9.17) is 10.00 Å². The van der Waals surface area contributed by atoms with Crippen LogP contribution in [0.25, 0.3) is 0 Å². The molecule has 1 aliphatic rings. The highest BCUT2D eigenvalue weighted by Gasteiger charge is 1.94. The molecule has 0 aliphatic carbocycles. The predicted octanol–water partition coefficient (Wildman–Crippen LogP) is 2.11. The number of nitrogens with zero attached hydrogens (tertiary/aromatic N) is 1. The van der Waals surface area contributed by atoms with Gasteiger partial charge in [0.15, 0.2) is 0 Å². The van der Waals surface area contributed by atoms with Crippen LogP contribution in [0.15, 0.2) is 0 Å². The highest BCUT2D eigenvalue weighted by atomic mass is 16.5. The van der Waals surface area contributed by atoms with Gasteiger partial charge in [-0.1, -0.05) is 6.92 Å². The lowest BCUT2D eigenvalue weighted by Crippen LogP contribution is -1.74. The molecule has 10 heavy (non-hydrogen) atoms. The van der Waals surface area contributed by atoms with Gasteiger partial charge in [-0.05, 0) is 19.3 Å². The average Bonchev–Trinajstić information content (AvgIpc) is 2.44. The molecule has 0 aromatic rings. The van der Waals surface area contributed by atoms with E-state index in [1.807, 2.05) is 13.0 Å². The van der Waals surface area contributed by atoms with Crippen molar-refractivity contribution in [2.75, 3.05) is 13.2 Å². The molecule has 0 N–H and O–H groups in total. The second-order valence-electron chi connectivity index (χ2n) is 2.23. The van der Waals surface area contributed by atoms with Gasteiger partial charge in [-0.3, -0.25) is 0 Å². The average molecular weight is 141 g/mol. The van der Waals surface area contributed by atoms with Crippen LogP contribution >= 0.6 is 0 Å². The van der Waals surface area contributed by atoms with Crippen molar-refractivity contribution < 1.29 is 4.74 Å². The molecule has 0 aromatic heterocycles. The van der Waals surface area contributed by atoms with Crippen LogP contribution in [0.3, 0.4) is 0 Å². The smallest absolute Gasteiger partial charge is 0.0621 e. The maximum Gasteiger partial charge on any atom is 0.0621 e. The van der Waals surface area contributed by atoms with E-state index in [1.165, 1.54) is 12.8 Å². The molecule has 58 valence electrons. The Kier molecular flexibility index (Phi) is 7.99. The molecule has 0 saturated carbocycles. The second kappa shape index (κ2) is 8.45. The van der Waals surface area contributed by atoms with Gasteiger partial charge in [0.05, 0.1) is 6.07 Å². The maximum atomic E-state index is 7.82. The summed E-state index contributed by atoms with van der Waals surface area (Å²) in [6.45, 7) is 3.99. The molecule has 0 unspecified atom stereocenters. The van der Waals surface area contributed by atoms with Crippen LogP contribution in [0.4, 0.5) is 0 Å². The summed E-state index contributed by atoms with van der Waals surface area (Å²) in [4.78, 5) is 0. The minimum absolute atomic E-state index is 0.694. The molecule has 1 rings (SSSR count). The zero-order valence-electron chi connectivity index (χ0n) is 6.60. The SMILES string of the molecule is C1CCOC1.CCCC#N. The lowest BCUT2D eigenvalue weighted by molar-refractivity contribution is 0.198. The number of unbranched alkanes of at least 4 members (excludes halogenated alkanes) is 1. The standard InChI is InChI=1S/C4H7N.C4H8O/c1-2-3-4-5;1-2-4-5-3-1/h2-3H2,1H3;1-4H2. The molecule has 0 amide bonds. The van der Waals surface area contributed by atoms with Crippen LogP contribution in [0, 0.1) is 11.3 Å². The van der Waals surface area contributed by atoms with Crippen molar-refractivity contribution in [3.63, 3.8) is 0 Å². The van der Waals surface area contributed by atoms with Crippen LogP contribution in [0.5, 0.6) is 0 Å². The van der Waals surface area contributed by atoms with Crippen molar-refractivity contribution in [3.05, 3.63) is 0 Å². The fourth-order valence-corrected chi connectivity index (χ4v) is 0.622. The quantitative estimate of drug-likeness (QED) is 0.560. The summed E-state index contributed by atoms with van der Waals surface area (Å²) >= 11 is 0. The molecule has 0 aromatic carbocycles. The molecule has 0 bridgehead atoms. The number of rotatable bonds is 1. The number of hydrogen-bond acceptors (Lipinski definition) is 2. The molecule has 0 atom stereocenters. The number of nitriles is 1. The van der Waals surface area contributed by atoms with E-state index in [1.54, 1.807) is 0 Å². The Bertz CT molecular complexity index is 84.3. The minimum Gasteiger partial charge on any atom is -0.381 e.